The molecular formula is C16H12N8O2. The second-order valence-electron chi connectivity index (χ2n) is 5.52. The molecular weight excluding hydrogens is 336 g/mol. The topological polar surface area (TPSA) is 152 Å². The quantitative estimate of drug-likeness (QED) is 0.421. The van der Waals surface area contributed by atoms with E-state index in [-0.39, 0.29) is 17.5 Å². The van der Waals surface area contributed by atoms with Gasteiger partial charge >= 0.3 is 0 Å². The number of aromatic nitrogens is 5. The molecule has 0 radical (unpaired) electrons. The predicted octanol–water partition coefficient (Wildman–Crippen LogP) is 1.95. The molecule has 0 saturated carbocycles. The summed E-state index contributed by atoms with van der Waals surface area (Å²) in [6.07, 6.45) is 1.72. The van der Waals surface area contributed by atoms with Gasteiger partial charge in [0, 0.05) is 23.1 Å². The van der Waals surface area contributed by atoms with Crippen LogP contribution < -0.4 is 11.5 Å². The maximum atomic E-state index is 10.7. The van der Waals surface area contributed by atoms with Gasteiger partial charge in [-0.15, -0.1) is 5.10 Å². The first kappa shape index (κ1) is 15.4. The molecule has 0 atom stereocenters. The molecule has 0 saturated heterocycles. The lowest BCUT2D eigenvalue weighted by atomic mass is 10.1. The summed E-state index contributed by atoms with van der Waals surface area (Å²) in [4.78, 5) is 18.4. The number of hydrogen-bond acceptors (Lipinski definition) is 8. The molecule has 0 amide bonds. The van der Waals surface area contributed by atoms with Crippen molar-refractivity contribution in [3.63, 3.8) is 0 Å². The Labute approximate surface area is 146 Å². The fraction of sp³-hybridized carbons (Fsp3) is 0. The van der Waals surface area contributed by atoms with E-state index in [4.69, 9.17) is 11.5 Å². The summed E-state index contributed by atoms with van der Waals surface area (Å²) < 4.78 is 1.53. The van der Waals surface area contributed by atoms with Crippen LogP contribution in [0.4, 0.5) is 17.5 Å². The molecule has 26 heavy (non-hydrogen) atoms. The van der Waals surface area contributed by atoms with E-state index in [1.165, 1.54) is 16.8 Å². The number of hydrogen-bond donors (Lipinski definition) is 2. The third-order valence-corrected chi connectivity index (χ3v) is 3.86. The van der Waals surface area contributed by atoms with Crippen molar-refractivity contribution in [1.82, 2.24) is 25.0 Å². The smallest absolute Gasteiger partial charge is 0.269 e. The average molecular weight is 348 g/mol. The molecule has 128 valence electrons. The SMILES string of the molecule is Nc1nc(N)c2cc(-c3cn(-c4ccc([N+](=O)[O-])cc4)nn3)ccc2n1. The Kier molecular flexibility index (Phi) is 3.43. The monoisotopic (exact) mass is 348 g/mol. The highest BCUT2D eigenvalue weighted by atomic mass is 16.6. The van der Waals surface area contributed by atoms with E-state index < -0.39 is 4.92 Å². The number of non-ortho nitro benzene ring substituents is 1. The number of rotatable bonds is 3. The van der Waals surface area contributed by atoms with Crippen LogP contribution in [-0.4, -0.2) is 29.9 Å². The van der Waals surface area contributed by atoms with Crippen molar-refractivity contribution in [2.75, 3.05) is 11.5 Å². The van der Waals surface area contributed by atoms with Gasteiger partial charge < -0.3 is 11.5 Å². The summed E-state index contributed by atoms with van der Waals surface area (Å²) in [5.41, 5.74) is 14.2. The van der Waals surface area contributed by atoms with Crippen LogP contribution in [-0.2, 0) is 0 Å². The van der Waals surface area contributed by atoms with E-state index in [1.54, 1.807) is 24.4 Å². The number of fused-ring (bicyclic) bond motifs is 1. The largest absolute Gasteiger partial charge is 0.383 e. The second kappa shape index (κ2) is 5.77. The predicted molar refractivity (Wildman–Crippen MR) is 95.4 cm³/mol. The molecule has 0 bridgehead atoms. The van der Waals surface area contributed by atoms with E-state index >= 15 is 0 Å². The van der Waals surface area contributed by atoms with Crippen LogP contribution in [0.2, 0.25) is 0 Å². The molecule has 2 heterocycles. The first-order valence-electron chi connectivity index (χ1n) is 7.51. The molecule has 0 aliphatic heterocycles. The molecule has 0 fully saturated rings. The highest BCUT2D eigenvalue weighted by molar-refractivity contribution is 5.92. The van der Waals surface area contributed by atoms with Crippen LogP contribution in [0.5, 0.6) is 0 Å². The zero-order chi connectivity index (χ0) is 18.3. The van der Waals surface area contributed by atoms with Crippen LogP contribution in [0.25, 0.3) is 27.8 Å². The number of nitrogens with two attached hydrogens (primary N) is 2. The summed E-state index contributed by atoms with van der Waals surface area (Å²) >= 11 is 0. The minimum absolute atomic E-state index is 0.0124. The first-order chi connectivity index (χ1) is 12.5. The van der Waals surface area contributed by atoms with E-state index in [0.717, 1.165) is 5.56 Å². The molecule has 0 aliphatic carbocycles. The van der Waals surface area contributed by atoms with E-state index in [9.17, 15) is 10.1 Å². The number of nitrogens with zero attached hydrogens (tertiary/aromatic N) is 6. The van der Waals surface area contributed by atoms with Crippen LogP contribution >= 0.6 is 0 Å². The van der Waals surface area contributed by atoms with Crippen molar-refractivity contribution in [2.24, 2.45) is 0 Å². The molecule has 4 N–H and O–H groups in total. The van der Waals surface area contributed by atoms with Crippen LogP contribution in [0, 0.1) is 10.1 Å². The number of nitrogen functional groups attached to an aromatic ring is 2. The molecule has 2 aromatic heterocycles. The van der Waals surface area contributed by atoms with Crippen molar-refractivity contribution < 1.29 is 4.92 Å². The van der Waals surface area contributed by atoms with Crippen LogP contribution in [0.1, 0.15) is 0 Å². The van der Waals surface area contributed by atoms with Crippen LogP contribution in [0.15, 0.2) is 48.7 Å². The number of benzene rings is 2. The lowest BCUT2D eigenvalue weighted by Crippen LogP contribution is -2.00. The summed E-state index contributed by atoms with van der Waals surface area (Å²) in [6.45, 7) is 0. The number of nitro benzene ring substituents is 1. The second-order valence-corrected chi connectivity index (χ2v) is 5.52. The van der Waals surface area contributed by atoms with Gasteiger partial charge in [-0.25, -0.2) is 9.67 Å². The zero-order valence-electron chi connectivity index (χ0n) is 13.3. The van der Waals surface area contributed by atoms with Crippen molar-refractivity contribution >= 4 is 28.4 Å². The van der Waals surface area contributed by atoms with Gasteiger partial charge in [0.05, 0.1) is 22.3 Å². The first-order valence-corrected chi connectivity index (χ1v) is 7.51. The summed E-state index contributed by atoms with van der Waals surface area (Å²) in [5.74, 6) is 0.406. The third-order valence-electron chi connectivity index (χ3n) is 3.86. The van der Waals surface area contributed by atoms with Gasteiger partial charge in [-0.1, -0.05) is 11.3 Å². The summed E-state index contributed by atoms with van der Waals surface area (Å²) in [7, 11) is 0. The summed E-state index contributed by atoms with van der Waals surface area (Å²) in [6, 6.07) is 11.5. The van der Waals surface area contributed by atoms with E-state index in [1.807, 2.05) is 12.1 Å². The highest BCUT2D eigenvalue weighted by Gasteiger charge is 2.10. The fourth-order valence-electron chi connectivity index (χ4n) is 2.58. The highest BCUT2D eigenvalue weighted by Crippen LogP contribution is 2.26. The van der Waals surface area contributed by atoms with E-state index in [0.29, 0.717) is 22.3 Å². The lowest BCUT2D eigenvalue weighted by Gasteiger charge is -2.04. The third kappa shape index (κ3) is 2.65. The molecule has 0 unspecified atom stereocenters. The minimum atomic E-state index is -0.454. The standard InChI is InChI=1S/C16H12N8O2/c17-15-12-7-9(1-6-13(12)19-16(18)20-15)14-8-23(22-21-14)10-2-4-11(5-3-10)24(25)26/h1-8H,(H4,17,18,19,20). The van der Waals surface area contributed by atoms with Crippen LogP contribution in [0.3, 0.4) is 0 Å². The van der Waals surface area contributed by atoms with Gasteiger partial charge in [0.1, 0.15) is 11.5 Å². The Morgan fingerprint density at radius 3 is 2.54 bits per heavy atom. The molecule has 2 aromatic carbocycles. The van der Waals surface area contributed by atoms with Gasteiger partial charge in [-0.2, -0.15) is 4.98 Å². The van der Waals surface area contributed by atoms with E-state index in [2.05, 4.69) is 20.3 Å². The normalized spacial score (nSPS) is 10.9. The molecule has 4 aromatic rings. The van der Waals surface area contributed by atoms with Crippen molar-refractivity contribution in [3.8, 4) is 16.9 Å². The number of nitro groups is 1. The molecule has 10 heteroatoms. The molecule has 10 nitrogen and oxygen atoms in total. The maximum Gasteiger partial charge on any atom is 0.269 e. The Balaban J connectivity index is 1.71. The minimum Gasteiger partial charge on any atom is -0.383 e. The lowest BCUT2D eigenvalue weighted by molar-refractivity contribution is -0.384. The Morgan fingerprint density at radius 1 is 1.04 bits per heavy atom. The fourth-order valence-corrected chi connectivity index (χ4v) is 2.58. The zero-order valence-corrected chi connectivity index (χ0v) is 13.3. The van der Waals surface area contributed by atoms with Crippen molar-refractivity contribution in [1.29, 1.82) is 0 Å². The Hall–Kier alpha value is -4.08. The van der Waals surface area contributed by atoms with Gasteiger partial charge in [0.2, 0.25) is 5.95 Å². The summed E-state index contributed by atoms with van der Waals surface area (Å²) in [5, 5.41) is 19.6. The Bertz CT molecular complexity index is 1140. The molecule has 0 aliphatic rings. The molecule has 4 rings (SSSR count). The van der Waals surface area contributed by atoms with Gasteiger partial charge in [0.15, 0.2) is 0 Å². The van der Waals surface area contributed by atoms with Crippen molar-refractivity contribution in [3.05, 3.63) is 58.8 Å². The maximum absolute atomic E-state index is 10.7. The number of anilines is 2. The molecule has 0 spiro atoms. The van der Waals surface area contributed by atoms with Crippen molar-refractivity contribution in [2.45, 2.75) is 0 Å². The Morgan fingerprint density at radius 2 is 1.81 bits per heavy atom. The average Bonchev–Trinajstić information content (AvgIpc) is 3.11. The van der Waals surface area contributed by atoms with Gasteiger partial charge in [-0.3, -0.25) is 10.1 Å². The van der Waals surface area contributed by atoms with Gasteiger partial charge in [-0.05, 0) is 24.3 Å². The van der Waals surface area contributed by atoms with Gasteiger partial charge in [0.25, 0.3) is 5.69 Å².